The maximum Gasteiger partial charge on any atom is 0.243 e. The van der Waals surface area contributed by atoms with Gasteiger partial charge in [-0.3, -0.25) is 14.4 Å². The van der Waals surface area contributed by atoms with E-state index < -0.39 is 18.1 Å². The van der Waals surface area contributed by atoms with Crippen LogP contribution in [0.15, 0.2) is 48.5 Å². The van der Waals surface area contributed by atoms with Crippen LogP contribution in [0.4, 0.5) is 0 Å². The molecule has 3 rings (SSSR count). The van der Waals surface area contributed by atoms with Crippen LogP contribution in [-0.2, 0) is 27.2 Å². The smallest absolute Gasteiger partial charge is 0.243 e. The Morgan fingerprint density at radius 1 is 0.974 bits per heavy atom. The fourth-order valence-electron chi connectivity index (χ4n) is 4.48. The molecule has 1 aliphatic heterocycles. The van der Waals surface area contributed by atoms with Crippen LogP contribution >= 0.6 is 22.6 Å². The third-order valence-electron chi connectivity index (χ3n) is 6.58. The largest absolute Gasteiger partial charge is 0.492 e. The van der Waals surface area contributed by atoms with E-state index in [1.54, 1.807) is 7.05 Å². The van der Waals surface area contributed by atoms with E-state index in [1.807, 2.05) is 62.4 Å². The van der Waals surface area contributed by atoms with E-state index in [2.05, 4.69) is 49.2 Å². The van der Waals surface area contributed by atoms with Crippen LogP contribution in [0.5, 0.6) is 5.75 Å². The summed E-state index contributed by atoms with van der Waals surface area (Å²) < 4.78 is 7.16. The van der Waals surface area contributed by atoms with Crippen molar-refractivity contribution in [2.24, 2.45) is 5.92 Å². The van der Waals surface area contributed by atoms with Crippen molar-refractivity contribution in [1.82, 2.24) is 26.6 Å². The Morgan fingerprint density at radius 3 is 2.51 bits per heavy atom. The van der Waals surface area contributed by atoms with Crippen molar-refractivity contribution >= 4 is 40.3 Å². The third kappa shape index (κ3) is 9.77. The average Bonchev–Trinajstić information content (AvgIpc) is 2.90. The number of fused-ring (bicyclic) bond motifs is 1. The van der Waals surface area contributed by atoms with Gasteiger partial charge in [0.1, 0.15) is 24.4 Å². The van der Waals surface area contributed by atoms with Gasteiger partial charge < -0.3 is 31.3 Å². The molecule has 0 aliphatic carbocycles. The Hall–Kier alpha value is -2.70. The number of carbonyl (C=O) groups is 3. The molecular formula is C29H40IN5O4. The van der Waals surface area contributed by atoms with Gasteiger partial charge in [-0.1, -0.05) is 44.2 Å². The van der Waals surface area contributed by atoms with E-state index in [0.717, 1.165) is 33.3 Å². The molecule has 1 aliphatic rings. The summed E-state index contributed by atoms with van der Waals surface area (Å²) in [5.74, 6) is -0.323. The van der Waals surface area contributed by atoms with Gasteiger partial charge in [0.05, 0.1) is 6.04 Å². The maximum absolute atomic E-state index is 13.5. The molecule has 0 unspecified atom stereocenters. The summed E-state index contributed by atoms with van der Waals surface area (Å²) in [6.45, 7) is 5.31. The Morgan fingerprint density at radius 2 is 1.77 bits per heavy atom. The number of halogens is 1. The molecule has 2 aromatic rings. The molecule has 5 N–H and O–H groups in total. The molecule has 0 saturated carbocycles. The van der Waals surface area contributed by atoms with Crippen molar-refractivity contribution in [3.8, 4) is 5.75 Å². The highest BCUT2D eigenvalue weighted by Gasteiger charge is 2.30. The minimum Gasteiger partial charge on any atom is -0.492 e. The Kier molecular flexibility index (Phi) is 12.5. The van der Waals surface area contributed by atoms with Crippen LogP contribution in [0.2, 0.25) is 0 Å². The van der Waals surface area contributed by atoms with E-state index in [1.165, 1.54) is 0 Å². The molecule has 212 valence electrons. The van der Waals surface area contributed by atoms with Gasteiger partial charge in [0.2, 0.25) is 17.7 Å². The molecule has 0 bridgehead atoms. The zero-order valence-electron chi connectivity index (χ0n) is 22.9. The van der Waals surface area contributed by atoms with Gasteiger partial charge in [-0.2, -0.15) is 0 Å². The van der Waals surface area contributed by atoms with Gasteiger partial charge in [-0.15, -0.1) is 0 Å². The number of benzene rings is 2. The Bertz CT molecular complexity index is 1110. The normalized spacial score (nSPS) is 22.0. The van der Waals surface area contributed by atoms with Gasteiger partial charge in [-0.05, 0) is 84.1 Å². The van der Waals surface area contributed by atoms with Gasteiger partial charge >= 0.3 is 0 Å². The predicted molar refractivity (Wildman–Crippen MR) is 161 cm³/mol. The summed E-state index contributed by atoms with van der Waals surface area (Å²) >= 11 is 2.25. The summed E-state index contributed by atoms with van der Waals surface area (Å²) in [5, 5.41) is 15.0. The summed E-state index contributed by atoms with van der Waals surface area (Å²) in [5.41, 5.74) is 2.07. The van der Waals surface area contributed by atoms with Crippen LogP contribution in [-0.4, -0.2) is 69.1 Å². The molecule has 10 heteroatoms. The maximum atomic E-state index is 13.5. The molecular weight excluding hydrogens is 609 g/mol. The molecule has 39 heavy (non-hydrogen) atoms. The SMILES string of the molecule is CNC[C@@H]1NC(=O)[C@@H](C(C)C)NC(=O)[C@@H](Cc2cccc(I)c2)NCCOc2ccccc2CCCNC1=O. The number of hydrogen-bond donors (Lipinski definition) is 5. The van der Waals surface area contributed by atoms with Gasteiger partial charge in [0.25, 0.3) is 0 Å². The van der Waals surface area contributed by atoms with Crippen molar-refractivity contribution in [2.75, 3.05) is 33.3 Å². The molecule has 0 saturated heterocycles. The van der Waals surface area contributed by atoms with Crippen LogP contribution in [0.3, 0.4) is 0 Å². The topological polar surface area (TPSA) is 121 Å². The van der Waals surface area contributed by atoms with E-state index in [-0.39, 0.29) is 30.2 Å². The van der Waals surface area contributed by atoms with Gasteiger partial charge in [0.15, 0.2) is 0 Å². The number of para-hydroxylation sites is 1. The Balaban J connectivity index is 1.86. The van der Waals surface area contributed by atoms with E-state index >= 15 is 0 Å². The zero-order chi connectivity index (χ0) is 28.2. The molecule has 9 nitrogen and oxygen atoms in total. The first-order chi connectivity index (χ1) is 18.8. The predicted octanol–water partition coefficient (Wildman–Crippen LogP) is 1.78. The summed E-state index contributed by atoms with van der Waals surface area (Å²) in [4.78, 5) is 39.8. The minimum absolute atomic E-state index is 0.184. The van der Waals surface area contributed by atoms with Crippen LogP contribution in [0.25, 0.3) is 0 Å². The number of rotatable bonds is 5. The van der Waals surface area contributed by atoms with Crippen molar-refractivity contribution in [2.45, 2.75) is 51.2 Å². The number of nitrogens with one attached hydrogen (secondary N) is 5. The first-order valence-corrected chi connectivity index (χ1v) is 14.6. The molecule has 0 spiro atoms. The number of likely N-dealkylation sites (N-methyl/N-ethyl adjacent to an activating group) is 1. The summed E-state index contributed by atoms with van der Waals surface area (Å²) in [7, 11) is 1.73. The Labute approximate surface area is 244 Å². The highest BCUT2D eigenvalue weighted by atomic mass is 127. The zero-order valence-corrected chi connectivity index (χ0v) is 25.0. The van der Waals surface area contributed by atoms with Crippen molar-refractivity contribution in [3.05, 3.63) is 63.2 Å². The molecule has 0 fully saturated rings. The van der Waals surface area contributed by atoms with Crippen molar-refractivity contribution in [3.63, 3.8) is 0 Å². The van der Waals surface area contributed by atoms with E-state index in [9.17, 15) is 14.4 Å². The molecule has 3 amide bonds. The fourth-order valence-corrected chi connectivity index (χ4v) is 5.09. The lowest BCUT2D eigenvalue weighted by atomic mass is 10.0. The van der Waals surface area contributed by atoms with E-state index in [4.69, 9.17) is 4.74 Å². The first kappa shape index (κ1) is 30.8. The average molecular weight is 650 g/mol. The highest BCUT2D eigenvalue weighted by Crippen LogP contribution is 2.19. The second-order valence-electron chi connectivity index (χ2n) is 10.0. The molecule has 0 aromatic heterocycles. The quantitative estimate of drug-likeness (QED) is 0.315. The van der Waals surface area contributed by atoms with Crippen molar-refractivity contribution in [1.29, 1.82) is 0 Å². The van der Waals surface area contributed by atoms with Crippen molar-refractivity contribution < 1.29 is 19.1 Å². The summed E-state index contributed by atoms with van der Waals surface area (Å²) in [6.07, 6.45) is 1.92. The third-order valence-corrected chi connectivity index (χ3v) is 7.25. The number of ether oxygens (including phenoxy) is 1. The number of aryl methyl sites for hydroxylation is 1. The molecule has 2 aromatic carbocycles. The van der Waals surface area contributed by atoms with E-state index in [0.29, 0.717) is 26.1 Å². The second-order valence-corrected chi connectivity index (χ2v) is 11.3. The first-order valence-electron chi connectivity index (χ1n) is 13.5. The lowest BCUT2D eigenvalue weighted by Crippen LogP contribution is -2.59. The number of hydrogen-bond acceptors (Lipinski definition) is 6. The molecule has 0 radical (unpaired) electrons. The molecule has 3 atom stereocenters. The second kappa shape index (κ2) is 15.8. The standard InChI is InChI=1S/C29H40IN5O4/c1-19(2)26-29(38)34-24(18-31-3)27(36)33-13-7-10-21-9-4-5-12-25(21)39-15-14-32-23(28(37)35-26)17-20-8-6-11-22(30)16-20/h4-6,8-9,11-12,16,19,23-24,26,31-32H,7,10,13-15,17-18H2,1-3H3,(H,33,36)(H,34,38)(H,35,37)/t23-,24+,26-/m1/s1. The number of amides is 3. The lowest BCUT2D eigenvalue weighted by Gasteiger charge is -2.27. The van der Waals surface area contributed by atoms with Crippen LogP contribution in [0.1, 0.15) is 31.4 Å². The highest BCUT2D eigenvalue weighted by molar-refractivity contribution is 14.1. The number of carbonyl (C=O) groups excluding carboxylic acids is 3. The summed E-state index contributed by atoms with van der Waals surface area (Å²) in [6, 6.07) is 13.7. The van der Waals surface area contributed by atoms with Gasteiger partial charge in [-0.25, -0.2) is 0 Å². The lowest BCUT2D eigenvalue weighted by molar-refractivity contribution is -0.133. The van der Waals surface area contributed by atoms with Crippen LogP contribution in [0, 0.1) is 9.49 Å². The molecule has 1 heterocycles. The minimum atomic E-state index is -0.799. The van der Waals surface area contributed by atoms with Crippen LogP contribution < -0.4 is 31.3 Å². The fraction of sp³-hybridized carbons (Fsp3) is 0.483. The van der Waals surface area contributed by atoms with Gasteiger partial charge in [0, 0.05) is 23.2 Å². The monoisotopic (exact) mass is 649 g/mol.